The van der Waals surface area contributed by atoms with Crippen LogP contribution < -0.4 is 5.32 Å². The van der Waals surface area contributed by atoms with Crippen molar-refractivity contribution in [3.8, 4) is 0 Å². The summed E-state index contributed by atoms with van der Waals surface area (Å²) in [4.78, 5) is 4.52. The van der Waals surface area contributed by atoms with Gasteiger partial charge in [-0.1, -0.05) is 20.8 Å². The monoisotopic (exact) mass is 265 g/mol. The van der Waals surface area contributed by atoms with E-state index in [1.807, 2.05) is 6.20 Å². The first-order chi connectivity index (χ1) is 8.73. The molecule has 0 atom stereocenters. The van der Waals surface area contributed by atoms with Gasteiger partial charge in [0.15, 0.2) is 0 Å². The van der Waals surface area contributed by atoms with Gasteiger partial charge in [0.25, 0.3) is 0 Å². The Labute approximate surface area is 118 Å². The van der Waals surface area contributed by atoms with E-state index in [-0.39, 0.29) is 11.0 Å². The Balaban J connectivity index is 2.51. The SMILES string of the molecule is CCCn1ccnc1CC(C)(C)CCNC(C)(C)C. The first-order valence-corrected chi connectivity index (χ1v) is 7.48. The number of nitrogens with zero attached hydrogens (tertiary/aromatic N) is 2. The number of hydrogen-bond acceptors (Lipinski definition) is 2. The lowest BCUT2D eigenvalue weighted by molar-refractivity contribution is 0.294. The molecule has 1 aromatic heterocycles. The van der Waals surface area contributed by atoms with E-state index in [1.54, 1.807) is 0 Å². The molecule has 0 aliphatic rings. The van der Waals surface area contributed by atoms with Crippen LogP contribution in [0.15, 0.2) is 12.4 Å². The molecule has 0 aliphatic heterocycles. The van der Waals surface area contributed by atoms with Crippen molar-refractivity contribution in [3.63, 3.8) is 0 Å². The molecule has 0 unspecified atom stereocenters. The van der Waals surface area contributed by atoms with Gasteiger partial charge in [0.05, 0.1) is 0 Å². The maximum absolute atomic E-state index is 4.52. The molecular formula is C16H31N3. The number of nitrogens with one attached hydrogen (secondary N) is 1. The summed E-state index contributed by atoms with van der Waals surface area (Å²) >= 11 is 0. The molecule has 0 fully saturated rings. The quantitative estimate of drug-likeness (QED) is 0.815. The molecule has 110 valence electrons. The lowest BCUT2D eigenvalue weighted by atomic mass is 9.85. The maximum atomic E-state index is 4.52. The van der Waals surface area contributed by atoms with Gasteiger partial charge in [-0.2, -0.15) is 0 Å². The van der Waals surface area contributed by atoms with E-state index in [4.69, 9.17) is 0 Å². The minimum absolute atomic E-state index is 0.205. The first kappa shape index (κ1) is 16.2. The van der Waals surface area contributed by atoms with Crippen LogP contribution in [0, 0.1) is 5.41 Å². The fourth-order valence-electron chi connectivity index (χ4n) is 2.24. The molecule has 0 aromatic carbocycles. The average molecular weight is 265 g/mol. The lowest BCUT2D eigenvalue weighted by Crippen LogP contribution is -2.38. The molecular weight excluding hydrogens is 234 g/mol. The van der Waals surface area contributed by atoms with Crippen LogP contribution in [0.3, 0.4) is 0 Å². The van der Waals surface area contributed by atoms with E-state index in [9.17, 15) is 0 Å². The van der Waals surface area contributed by atoms with Crippen molar-refractivity contribution in [2.24, 2.45) is 5.41 Å². The van der Waals surface area contributed by atoms with Crippen molar-refractivity contribution in [1.82, 2.24) is 14.9 Å². The minimum Gasteiger partial charge on any atom is -0.335 e. The second-order valence-electron chi connectivity index (χ2n) is 7.30. The van der Waals surface area contributed by atoms with Crippen molar-refractivity contribution in [3.05, 3.63) is 18.2 Å². The van der Waals surface area contributed by atoms with Crippen LogP contribution in [0.2, 0.25) is 0 Å². The summed E-state index contributed by atoms with van der Waals surface area (Å²) < 4.78 is 2.29. The summed E-state index contributed by atoms with van der Waals surface area (Å²) in [6, 6.07) is 0. The average Bonchev–Trinajstić information content (AvgIpc) is 2.63. The van der Waals surface area contributed by atoms with Gasteiger partial charge >= 0.3 is 0 Å². The molecule has 1 aromatic rings. The van der Waals surface area contributed by atoms with E-state index in [0.717, 1.165) is 25.9 Å². The minimum atomic E-state index is 0.205. The van der Waals surface area contributed by atoms with Crippen molar-refractivity contribution in [2.45, 2.75) is 72.9 Å². The zero-order valence-corrected chi connectivity index (χ0v) is 13.6. The summed E-state index contributed by atoms with van der Waals surface area (Å²) in [5, 5.41) is 3.57. The van der Waals surface area contributed by atoms with E-state index in [0.29, 0.717) is 0 Å². The van der Waals surface area contributed by atoms with Crippen molar-refractivity contribution in [2.75, 3.05) is 6.54 Å². The van der Waals surface area contributed by atoms with Crippen LogP contribution in [-0.2, 0) is 13.0 Å². The fraction of sp³-hybridized carbons (Fsp3) is 0.812. The van der Waals surface area contributed by atoms with Gasteiger partial charge in [0.2, 0.25) is 0 Å². The van der Waals surface area contributed by atoms with Gasteiger partial charge in [-0.25, -0.2) is 4.98 Å². The topological polar surface area (TPSA) is 29.9 Å². The maximum Gasteiger partial charge on any atom is 0.109 e. The summed E-state index contributed by atoms with van der Waals surface area (Å²) in [5.74, 6) is 1.22. The molecule has 3 nitrogen and oxygen atoms in total. The fourth-order valence-corrected chi connectivity index (χ4v) is 2.24. The molecule has 0 saturated heterocycles. The van der Waals surface area contributed by atoms with Crippen molar-refractivity contribution >= 4 is 0 Å². The Bertz CT molecular complexity index is 372. The highest BCUT2D eigenvalue weighted by atomic mass is 15.1. The third-order valence-electron chi connectivity index (χ3n) is 3.36. The Morgan fingerprint density at radius 3 is 2.47 bits per heavy atom. The van der Waals surface area contributed by atoms with Gasteiger partial charge in [-0.05, 0) is 45.6 Å². The second-order valence-corrected chi connectivity index (χ2v) is 7.30. The summed E-state index contributed by atoms with van der Waals surface area (Å²) in [5.41, 5.74) is 0.492. The molecule has 19 heavy (non-hydrogen) atoms. The number of aromatic nitrogens is 2. The molecule has 0 aliphatic carbocycles. The molecule has 0 bridgehead atoms. The molecule has 1 rings (SSSR count). The molecule has 0 amide bonds. The number of rotatable bonds is 7. The Kier molecular flexibility index (Phi) is 5.60. The lowest BCUT2D eigenvalue weighted by Gasteiger charge is -2.28. The van der Waals surface area contributed by atoms with E-state index < -0.39 is 0 Å². The molecule has 0 spiro atoms. The van der Waals surface area contributed by atoms with Crippen LogP contribution >= 0.6 is 0 Å². The third kappa shape index (κ3) is 6.24. The standard InChI is InChI=1S/C16H31N3/c1-7-11-19-12-10-17-14(19)13-16(5,6)8-9-18-15(2,3)4/h10,12,18H,7-9,11,13H2,1-6H3. The smallest absolute Gasteiger partial charge is 0.109 e. The van der Waals surface area contributed by atoms with Crippen LogP contribution in [0.4, 0.5) is 0 Å². The molecule has 3 heteroatoms. The Morgan fingerprint density at radius 1 is 1.21 bits per heavy atom. The van der Waals surface area contributed by atoms with Gasteiger partial charge in [0, 0.05) is 30.9 Å². The number of imidazole rings is 1. The predicted molar refractivity (Wildman–Crippen MR) is 82.4 cm³/mol. The van der Waals surface area contributed by atoms with Gasteiger partial charge in [-0.15, -0.1) is 0 Å². The summed E-state index contributed by atoms with van der Waals surface area (Å²) in [7, 11) is 0. The summed E-state index contributed by atoms with van der Waals surface area (Å²) in [6.45, 7) is 15.7. The zero-order valence-electron chi connectivity index (χ0n) is 13.6. The number of aryl methyl sites for hydroxylation is 1. The zero-order chi connectivity index (χ0) is 14.5. The van der Waals surface area contributed by atoms with E-state index in [1.165, 1.54) is 12.2 Å². The highest BCUT2D eigenvalue weighted by Crippen LogP contribution is 2.25. The Hall–Kier alpha value is -0.830. The molecule has 1 heterocycles. The molecule has 0 radical (unpaired) electrons. The van der Waals surface area contributed by atoms with Crippen molar-refractivity contribution in [1.29, 1.82) is 0 Å². The van der Waals surface area contributed by atoms with Crippen LogP contribution in [0.25, 0.3) is 0 Å². The van der Waals surface area contributed by atoms with Crippen molar-refractivity contribution < 1.29 is 0 Å². The molecule has 0 saturated carbocycles. The first-order valence-electron chi connectivity index (χ1n) is 7.48. The normalized spacial score (nSPS) is 12.9. The van der Waals surface area contributed by atoms with E-state index in [2.05, 4.69) is 62.6 Å². The third-order valence-corrected chi connectivity index (χ3v) is 3.36. The van der Waals surface area contributed by atoms with Gasteiger partial charge in [-0.3, -0.25) is 0 Å². The largest absolute Gasteiger partial charge is 0.335 e. The summed E-state index contributed by atoms with van der Waals surface area (Å²) in [6.07, 6.45) is 7.40. The van der Waals surface area contributed by atoms with Crippen LogP contribution in [0.1, 0.15) is 60.2 Å². The van der Waals surface area contributed by atoms with Gasteiger partial charge in [0.1, 0.15) is 5.82 Å². The highest BCUT2D eigenvalue weighted by Gasteiger charge is 2.21. The Morgan fingerprint density at radius 2 is 1.89 bits per heavy atom. The predicted octanol–water partition coefficient (Wildman–Crippen LogP) is 3.64. The van der Waals surface area contributed by atoms with Crippen LogP contribution in [-0.4, -0.2) is 21.6 Å². The molecule has 1 N–H and O–H groups in total. The highest BCUT2D eigenvalue weighted by molar-refractivity contribution is 4.96. The van der Waals surface area contributed by atoms with E-state index >= 15 is 0 Å². The number of hydrogen-bond donors (Lipinski definition) is 1. The van der Waals surface area contributed by atoms with Gasteiger partial charge < -0.3 is 9.88 Å². The second kappa shape index (κ2) is 6.56. The van der Waals surface area contributed by atoms with Crippen LogP contribution in [0.5, 0.6) is 0 Å².